The Kier molecular flexibility index (Phi) is 4.25. The molecule has 0 atom stereocenters. The normalized spacial score (nSPS) is 10.8. The number of esters is 1. The molecule has 0 unspecified atom stereocenters. The summed E-state index contributed by atoms with van der Waals surface area (Å²) in [6.45, 7) is 0. The number of hydrogen-bond acceptors (Lipinski definition) is 5. The molecule has 0 aromatic carbocycles. The molecule has 0 amide bonds. The average molecular weight is 279 g/mol. The highest BCUT2D eigenvalue weighted by molar-refractivity contribution is 6.29. The first-order chi connectivity index (χ1) is 9.19. The highest BCUT2D eigenvalue weighted by Gasteiger charge is 2.01. The van der Waals surface area contributed by atoms with E-state index in [-0.39, 0.29) is 12.4 Å². The molecule has 0 saturated carbocycles. The molecule has 19 heavy (non-hydrogen) atoms. The van der Waals surface area contributed by atoms with E-state index >= 15 is 0 Å². The van der Waals surface area contributed by atoms with Crippen LogP contribution >= 0.6 is 11.6 Å². The molecule has 2 aromatic heterocycles. The first kappa shape index (κ1) is 13.2. The molecular formula is C12H11ClN4O2. The number of ether oxygens (including phenoxy) is 1. The van der Waals surface area contributed by atoms with Gasteiger partial charge in [-0.3, -0.25) is 4.79 Å². The van der Waals surface area contributed by atoms with E-state index in [0.717, 1.165) is 5.56 Å². The van der Waals surface area contributed by atoms with Gasteiger partial charge in [-0.1, -0.05) is 23.8 Å². The van der Waals surface area contributed by atoms with Crippen molar-refractivity contribution in [3.05, 3.63) is 41.3 Å². The van der Waals surface area contributed by atoms with Gasteiger partial charge in [0.15, 0.2) is 11.0 Å². The van der Waals surface area contributed by atoms with Crippen molar-refractivity contribution in [3.8, 4) is 5.82 Å². The summed E-state index contributed by atoms with van der Waals surface area (Å²) in [5, 5.41) is 12.1. The van der Waals surface area contributed by atoms with Crippen LogP contribution < -0.4 is 0 Å². The number of carbonyl (C=O) groups is 1. The van der Waals surface area contributed by atoms with Crippen LogP contribution in [0.25, 0.3) is 11.9 Å². The molecule has 6 nitrogen and oxygen atoms in total. The highest BCUT2D eigenvalue weighted by atomic mass is 35.5. The molecule has 2 rings (SSSR count). The zero-order chi connectivity index (χ0) is 13.7. The smallest absolute Gasteiger partial charge is 0.309 e. The lowest BCUT2D eigenvalue weighted by molar-refractivity contribution is -0.139. The number of hydrogen-bond donors (Lipinski definition) is 0. The van der Waals surface area contributed by atoms with Crippen LogP contribution in [0.3, 0.4) is 0 Å². The van der Waals surface area contributed by atoms with Crippen LogP contribution in [0.1, 0.15) is 12.0 Å². The van der Waals surface area contributed by atoms with Crippen molar-refractivity contribution >= 4 is 23.6 Å². The second-order valence-corrected chi connectivity index (χ2v) is 4.00. The maximum absolute atomic E-state index is 10.9. The monoisotopic (exact) mass is 278 g/mol. The zero-order valence-electron chi connectivity index (χ0n) is 10.2. The fraction of sp³-hybridized carbons (Fsp3) is 0.167. The Morgan fingerprint density at radius 3 is 3.00 bits per heavy atom. The van der Waals surface area contributed by atoms with Crippen LogP contribution in [0.4, 0.5) is 0 Å². The van der Waals surface area contributed by atoms with E-state index < -0.39 is 0 Å². The molecule has 7 heteroatoms. The Morgan fingerprint density at radius 2 is 2.32 bits per heavy atom. The molecule has 0 spiro atoms. The quantitative estimate of drug-likeness (QED) is 0.799. The lowest BCUT2D eigenvalue weighted by Gasteiger charge is -1.97. The fourth-order valence-corrected chi connectivity index (χ4v) is 1.45. The molecule has 0 fully saturated rings. The minimum Gasteiger partial charge on any atom is -0.469 e. The fourth-order valence-electron chi connectivity index (χ4n) is 1.35. The Morgan fingerprint density at radius 1 is 1.47 bits per heavy atom. The third-order valence-electron chi connectivity index (χ3n) is 2.28. The van der Waals surface area contributed by atoms with Gasteiger partial charge in [0.25, 0.3) is 0 Å². The number of aromatic nitrogens is 4. The van der Waals surface area contributed by atoms with Crippen molar-refractivity contribution in [3.63, 3.8) is 0 Å². The molecule has 0 saturated heterocycles. The summed E-state index contributed by atoms with van der Waals surface area (Å²) < 4.78 is 6.10. The molecule has 0 aliphatic rings. The molecule has 0 bridgehead atoms. The maximum Gasteiger partial charge on any atom is 0.309 e. The van der Waals surface area contributed by atoms with E-state index in [9.17, 15) is 4.79 Å². The Bertz CT molecular complexity index is 592. The van der Waals surface area contributed by atoms with Crippen LogP contribution in [0, 0.1) is 0 Å². The van der Waals surface area contributed by atoms with E-state index in [1.165, 1.54) is 7.11 Å². The molecule has 2 heterocycles. The maximum atomic E-state index is 10.9. The number of halogens is 1. The summed E-state index contributed by atoms with van der Waals surface area (Å²) in [6, 6.07) is 3.35. The molecule has 0 aliphatic heterocycles. The number of nitrogens with zero attached hydrogens (tertiary/aromatic N) is 4. The van der Waals surface area contributed by atoms with Crippen molar-refractivity contribution in [1.82, 2.24) is 20.0 Å². The average Bonchev–Trinajstić information content (AvgIpc) is 2.88. The summed E-state index contributed by atoms with van der Waals surface area (Å²) in [5.74, 6) is 0.282. The number of carbonyl (C=O) groups excluding carboxylic acids is 1. The van der Waals surface area contributed by atoms with Crippen molar-refractivity contribution < 1.29 is 9.53 Å². The van der Waals surface area contributed by atoms with Crippen LogP contribution in [-0.2, 0) is 9.53 Å². The third kappa shape index (κ3) is 3.62. The predicted octanol–water partition coefficient (Wildman–Crippen LogP) is 1.89. The van der Waals surface area contributed by atoms with E-state index in [1.54, 1.807) is 41.4 Å². The van der Waals surface area contributed by atoms with Crippen molar-refractivity contribution in [2.75, 3.05) is 7.11 Å². The first-order valence-corrected chi connectivity index (χ1v) is 5.84. The van der Waals surface area contributed by atoms with Gasteiger partial charge in [-0.05, 0) is 12.1 Å². The number of rotatable bonds is 4. The minimum absolute atomic E-state index is 0.225. The SMILES string of the molecule is COC(=O)CC=Cc1cnn(-c2ccc(Cl)nn2)c1. The van der Waals surface area contributed by atoms with Crippen molar-refractivity contribution in [2.24, 2.45) is 0 Å². The van der Waals surface area contributed by atoms with Gasteiger partial charge in [-0.25, -0.2) is 4.68 Å². The number of methoxy groups -OCH3 is 1. The first-order valence-electron chi connectivity index (χ1n) is 5.46. The van der Waals surface area contributed by atoms with Gasteiger partial charge in [0, 0.05) is 11.8 Å². The van der Waals surface area contributed by atoms with Gasteiger partial charge < -0.3 is 4.74 Å². The molecule has 98 valence electrons. The second-order valence-electron chi connectivity index (χ2n) is 3.62. The lowest BCUT2D eigenvalue weighted by atomic mass is 10.3. The zero-order valence-corrected chi connectivity index (χ0v) is 10.9. The molecular weight excluding hydrogens is 268 g/mol. The van der Waals surface area contributed by atoms with Gasteiger partial charge >= 0.3 is 5.97 Å². The molecule has 0 N–H and O–H groups in total. The standard InChI is InChI=1S/C12H11ClN4O2/c1-19-12(18)4-2-3-9-7-14-17(8-9)11-6-5-10(13)15-16-11/h2-3,5-8H,4H2,1H3. The van der Waals surface area contributed by atoms with Crippen LogP contribution in [0.2, 0.25) is 5.15 Å². The third-order valence-corrected chi connectivity index (χ3v) is 2.48. The van der Waals surface area contributed by atoms with Gasteiger partial charge in [0.1, 0.15) is 0 Å². The van der Waals surface area contributed by atoms with Gasteiger partial charge in [-0.2, -0.15) is 5.10 Å². The Hall–Kier alpha value is -2.21. The van der Waals surface area contributed by atoms with E-state index in [1.807, 2.05) is 0 Å². The van der Waals surface area contributed by atoms with Crippen LogP contribution in [0.5, 0.6) is 0 Å². The van der Waals surface area contributed by atoms with Crippen LogP contribution in [0.15, 0.2) is 30.6 Å². The molecule has 0 aliphatic carbocycles. The van der Waals surface area contributed by atoms with Gasteiger partial charge in [0.05, 0.1) is 19.7 Å². The predicted molar refractivity (Wildman–Crippen MR) is 69.8 cm³/mol. The van der Waals surface area contributed by atoms with Gasteiger partial charge in [-0.15, -0.1) is 10.2 Å². The van der Waals surface area contributed by atoms with E-state index in [2.05, 4.69) is 20.0 Å². The second kappa shape index (κ2) is 6.10. The summed E-state index contributed by atoms with van der Waals surface area (Å²) in [4.78, 5) is 10.9. The molecule has 0 radical (unpaired) electrons. The summed E-state index contributed by atoms with van der Waals surface area (Å²) in [5.41, 5.74) is 0.848. The molecule has 2 aromatic rings. The van der Waals surface area contributed by atoms with Gasteiger partial charge in [0.2, 0.25) is 0 Å². The lowest BCUT2D eigenvalue weighted by Crippen LogP contribution is -1.98. The largest absolute Gasteiger partial charge is 0.469 e. The topological polar surface area (TPSA) is 69.9 Å². The summed E-state index contributed by atoms with van der Waals surface area (Å²) in [6.07, 6.45) is 7.14. The summed E-state index contributed by atoms with van der Waals surface area (Å²) in [7, 11) is 1.35. The Balaban J connectivity index is 2.06. The van der Waals surface area contributed by atoms with Crippen molar-refractivity contribution in [1.29, 1.82) is 0 Å². The Labute approximate surface area is 114 Å². The van der Waals surface area contributed by atoms with Crippen molar-refractivity contribution in [2.45, 2.75) is 6.42 Å². The van der Waals surface area contributed by atoms with Crippen LogP contribution in [-0.4, -0.2) is 33.1 Å². The summed E-state index contributed by atoms with van der Waals surface area (Å²) >= 11 is 5.66. The highest BCUT2D eigenvalue weighted by Crippen LogP contribution is 2.09. The van der Waals surface area contributed by atoms with E-state index in [0.29, 0.717) is 11.0 Å². The minimum atomic E-state index is -0.285. The van der Waals surface area contributed by atoms with E-state index in [4.69, 9.17) is 11.6 Å².